The summed E-state index contributed by atoms with van der Waals surface area (Å²) in [5, 5.41) is 8.39. The predicted molar refractivity (Wildman–Crippen MR) is 148 cm³/mol. The number of ether oxygens (including phenoxy) is 1. The van der Waals surface area contributed by atoms with E-state index in [0.717, 1.165) is 47.3 Å². The summed E-state index contributed by atoms with van der Waals surface area (Å²) < 4.78 is 31.6. The topological polar surface area (TPSA) is 114 Å². The summed E-state index contributed by atoms with van der Waals surface area (Å²) in [5.41, 5.74) is 4.94. The average Bonchev–Trinajstić information content (AvgIpc) is 3.32. The van der Waals surface area contributed by atoms with Crippen LogP contribution in [0.4, 0.5) is 0 Å². The molecule has 0 saturated carbocycles. The number of hydrogen-bond donors (Lipinski definition) is 2. The third kappa shape index (κ3) is 6.61. The number of esters is 1. The second-order valence-electron chi connectivity index (χ2n) is 10.1. The van der Waals surface area contributed by atoms with Crippen molar-refractivity contribution in [2.45, 2.75) is 77.3 Å². The minimum atomic E-state index is -3.19. The lowest BCUT2D eigenvalue weighted by atomic mass is 9.88. The fraction of sp³-hybridized carbons (Fsp3) is 0.500. The van der Waals surface area contributed by atoms with Crippen molar-refractivity contribution >= 4 is 16.7 Å². The zero-order valence-corrected chi connectivity index (χ0v) is 23.5. The van der Waals surface area contributed by atoms with E-state index in [1.165, 1.54) is 0 Å². The van der Waals surface area contributed by atoms with Gasteiger partial charge in [-0.2, -0.15) is 4.31 Å². The van der Waals surface area contributed by atoms with E-state index in [4.69, 9.17) is 4.74 Å². The molecule has 2 atom stereocenters. The smallest absolute Gasteiger partial charge is 0.306 e. The molecule has 2 N–H and O–H groups in total. The van der Waals surface area contributed by atoms with E-state index in [1.807, 2.05) is 33.0 Å². The van der Waals surface area contributed by atoms with Gasteiger partial charge in [-0.05, 0) is 80.2 Å². The van der Waals surface area contributed by atoms with Crippen LogP contribution in [0.5, 0.6) is 0 Å². The number of rotatable bonds is 10. The Morgan fingerprint density at radius 2 is 2.08 bits per heavy atom. The SMILES string of the molecule is CCOC(=O)CC(CCc1cn(CC)nn1)c1ccc(C)c(CN2CC(C)Cc3ccncc3S2(O)O)c1. The molecule has 1 aromatic carbocycles. The number of hydrogen-bond acceptors (Lipinski definition) is 8. The highest BCUT2D eigenvalue weighted by molar-refractivity contribution is 8.22. The van der Waals surface area contributed by atoms with Gasteiger partial charge in [-0.15, -0.1) is 15.9 Å². The van der Waals surface area contributed by atoms with Crippen LogP contribution in [0, 0.1) is 12.8 Å². The van der Waals surface area contributed by atoms with Crippen LogP contribution >= 0.6 is 10.8 Å². The molecule has 1 aliphatic rings. The van der Waals surface area contributed by atoms with E-state index in [1.54, 1.807) is 21.4 Å². The van der Waals surface area contributed by atoms with Gasteiger partial charge >= 0.3 is 5.97 Å². The first-order chi connectivity index (χ1) is 18.2. The number of carbonyl (C=O) groups is 1. The number of aromatic nitrogens is 4. The lowest BCUT2D eigenvalue weighted by Gasteiger charge is -2.42. The zero-order chi connectivity index (χ0) is 27.3. The van der Waals surface area contributed by atoms with E-state index >= 15 is 0 Å². The van der Waals surface area contributed by atoms with Gasteiger partial charge in [-0.1, -0.05) is 30.3 Å². The molecule has 206 valence electrons. The molecular formula is C28H39N5O4S. The van der Waals surface area contributed by atoms with Crippen LogP contribution in [-0.2, 0) is 35.5 Å². The van der Waals surface area contributed by atoms with Crippen molar-refractivity contribution in [1.29, 1.82) is 0 Å². The van der Waals surface area contributed by atoms with Crippen molar-refractivity contribution in [3.63, 3.8) is 0 Å². The predicted octanol–water partition coefficient (Wildman–Crippen LogP) is 5.39. The summed E-state index contributed by atoms with van der Waals surface area (Å²) in [4.78, 5) is 17.2. The van der Waals surface area contributed by atoms with Crippen molar-refractivity contribution in [2.75, 3.05) is 13.2 Å². The van der Waals surface area contributed by atoms with Crippen LogP contribution in [0.25, 0.3) is 0 Å². The highest BCUT2D eigenvalue weighted by Crippen LogP contribution is 2.55. The minimum absolute atomic E-state index is 0.0616. The molecule has 0 radical (unpaired) electrons. The summed E-state index contributed by atoms with van der Waals surface area (Å²) in [7, 11) is -3.19. The van der Waals surface area contributed by atoms with Crippen LogP contribution in [0.1, 0.15) is 67.5 Å². The van der Waals surface area contributed by atoms with Gasteiger partial charge in [0.1, 0.15) is 0 Å². The third-order valence-electron chi connectivity index (χ3n) is 7.18. The summed E-state index contributed by atoms with van der Waals surface area (Å²) in [6.45, 7) is 10.0. The van der Waals surface area contributed by atoms with Gasteiger partial charge in [0.25, 0.3) is 0 Å². The third-order valence-corrected chi connectivity index (χ3v) is 9.13. The molecule has 3 heterocycles. The number of benzene rings is 1. The molecule has 0 spiro atoms. The van der Waals surface area contributed by atoms with E-state index in [9.17, 15) is 13.9 Å². The summed E-state index contributed by atoms with van der Waals surface area (Å²) in [6, 6.07) is 8.11. The maximum atomic E-state index is 12.5. The maximum absolute atomic E-state index is 12.5. The zero-order valence-electron chi connectivity index (χ0n) is 22.7. The van der Waals surface area contributed by atoms with Gasteiger partial charge in [-0.25, -0.2) is 0 Å². The number of pyridine rings is 1. The van der Waals surface area contributed by atoms with E-state index in [-0.39, 0.29) is 24.2 Å². The highest BCUT2D eigenvalue weighted by atomic mass is 32.3. The number of carbonyl (C=O) groups excluding carboxylic acids is 1. The first-order valence-electron chi connectivity index (χ1n) is 13.3. The monoisotopic (exact) mass is 541 g/mol. The van der Waals surface area contributed by atoms with Gasteiger partial charge in [0.05, 0.1) is 29.8 Å². The van der Waals surface area contributed by atoms with Gasteiger partial charge < -0.3 is 4.74 Å². The molecule has 2 aromatic heterocycles. The van der Waals surface area contributed by atoms with E-state index < -0.39 is 10.8 Å². The Morgan fingerprint density at radius 3 is 2.82 bits per heavy atom. The Labute approximate surface area is 226 Å². The Morgan fingerprint density at radius 1 is 1.26 bits per heavy atom. The maximum Gasteiger partial charge on any atom is 0.306 e. The van der Waals surface area contributed by atoms with Crippen molar-refractivity contribution in [1.82, 2.24) is 24.3 Å². The second kappa shape index (κ2) is 12.4. The number of nitrogens with zero attached hydrogens (tertiary/aromatic N) is 5. The van der Waals surface area contributed by atoms with Crippen molar-refractivity contribution in [3.05, 3.63) is 70.8 Å². The fourth-order valence-corrected chi connectivity index (χ4v) is 6.82. The van der Waals surface area contributed by atoms with Crippen LogP contribution in [-0.4, -0.2) is 52.5 Å². The molecule has 1 aliphatic heterocycles. The van der Waals surface area contributed by atoms with Crippen LogP contribution in [0.15, 0.2) is 47.8 Å². The fourth-order valence-electron chi connectivity index (χ4n) is 5.05. The molecule has 4 rings (SSSR count). The Bertz CT molecular complexity index is 1250. The lowest BCUT2D eigenvalue weighted by Crippen LogP contribution is -2.30. The molecule has 0 bridgehead atoms. The van der Waals surface area contributed by atoms with E-state index in [0.29, 0.717) is 31.0 Å². The summed E-state index contributed by atoms with van der Waals surface area (Å²) in [5.74, 6) is -0.0357. The standard InChI is InChI=1S/C28H39N5O4S/c1-5-32-19-26(30-31-32)10-9-23(15-28(34)37-6-2)22-8-7-21(4)25(14-22)18-33-17-20(3)13-24-11-12-29-16-27(24)38(33,35)36/h7-8,11-12,14,16,19-20,23,35-36H,5-6,9-10,13,15,17-18H2,1-4H3. The molecular weight excluding hydrogens is 502 g/mol. The lowest BCUT2D eigenvalue weighted by molar-refractivity contribution is -0.143. The number of aryl methyl sites for hydroxylation is 3. The molecule has 10 heteroatoms. The van der Waals surface area contributed by atoms with Crippen LogP contribution in [0.2, 0.25) is 0 Å². The Hall–Kier alpha value is -2.79. The first-order valence-corrected chi connectivity index (χ1v) is 14.8. The minimum Gasteiger partial charge on any atom is -0.466 e. The molecule has 9 nitrogen and oxygen atoms in total. The molecule has 0 saturated heterocycles. The van der Waals surface area contributed by atoms with Gasteiger partial charge in [0.15, 0.2) is 0 Å². The molecule has 3 aromatic rings. The van der Waals surface area contributed by atoms with Gasteiger partial charge in [-0.3, -0.25) is 23.6 Å². The number of fused-ring (bicyclic) bond motifs is 1. The Kier molecular flexibility index (Phi) is 9.19. The van der Waals surface area contributed by atoms with Crippen molar-refractivity contribution in [3.8, 4) is 0 Å². The van der Waals surface area contributed by atoms with Crippen LogP contribution < -0.4 is 0 Å². The summed E-state index contributed by atoms with van der Waals surface area (Å²) >= 11 is 0. The van der Waals surface area contributed by atoms with Gasteiger partial charge in [0.2, 0.25) is 0 Å². The second-order valence-corrected chi connectivity index (χ2v) is 12.1. The molecule has 0 fully saturated rings. The average molecular weight is 542 g/mol. The summed E-state index contributed by atoms with van der Waals surface area (Å²) in [6.07, 6.45) is 7.70. The largest absolute Gasteiger partial charge is 0.466 e. The van der Waals surface area contributed by atoms with Crippen molar-refractivity contribution < 1.29 is 18.6 Å². The molecule has 38 heavy (non-hydrogen) atoms. The van der Waals surface area contributed by atoms with Crippen LogP contribution in [0.3, 0.4) is 0 Å². The van der Waals surface area contributed by atoms with Crippen molar-refractivity contribution in [2.24, 2.45) is 5.92 Å². The highest BCUT2D eigenvalue weighted by Gasteiger charge is 2.33. The first kappa shape index (κ1) is 28.2. The molecule has 0 amide bonds. The molecule has 2 unspecified atom stereocenters. The normalized spacial score (nSPS) is 18.8. The van der Waals surface area contributed by atoms with E-state index in [2.05, 4.69) is 40.4 Å². The van der Waals surface area contributed by atoms with Gasteiger partial charge in [0, 0.05) is 32.0 Å². The Balaban J connectivity index is 1.60. The quantitative estimate of drug-likeness (QED) is 0.329. The molecule has 0 aliphatic carbocycles.